The molecule has 0 amide bonds. The van der Waals surface area contributed by atoms with Crippen LogP contribution in [0.15, 0.2) is 34.9 Å². The molecular formula is C18H21FN2O3. The maximum absolute atomic E-state index is 13.9. The third kappa shape index (κ3) is 3.33. The van der Waals surface area contributed by atoms with Crippen molar-refractivity contribution in [3.05, 3.63) is 41.9 Å². The van der Waals surface area contributed by atoms with E-state index in [9.17, 15) is 9.18 Å². The van der Waals surface area contributed by atoms with E-state index < -0.39 is 5.41 Å². The highest BCUT2D eigenvalue weighted by Crippen LogP contribution is 2.33. The molecule has 0 radical (unpaired) electrons. The molecule has 2 heterocycles. The van der Waals surface area contributed by atoms with E-state index in [2.05, 4.69) is 10.5 Å². The van der Waals surface area contributed by atoms with Crippen LogP contribution >= 0.6 is 0 Å². The molecule has 0 saturated carbocycles. The average molecular weight is 332 g/mol. The second-order valence-corrected chi connectivity index (χ2v) is 6.12. The van der Waals surface area contributed by atoms with Crippen molar-refractivity contribution >= 4 is 5.97 Å². The fourth-order valence-corrected chi connectivity index (χ4v) is 3.17. The van der Waals surface area contributed by atoms with Crippen molar-refractivity contribution in [1.82, 2.24) is 10.5 Å². The summed E-state index contributed by atoms with van der Waals surface area (Å²) in [6.45, 7) is 3.57. The van der Waals surface area contributed by atoms with E-state index in [-0.39, 0.29) is 11.8 Å². The van der Waals surface area contributed by atoms with Crippen LogP contribution in [0, 0.1) is 11.2 Å². The fraction of sp³-hybridized carbons (Fsp3) is 0.444. The highest BCUT2D eigenvalue weighted by atomic mass is 19.1. The van der Waals surface area contributed by atoms with Gasteiger partial charge in [0.2, 0.25) is 0 Å². The van der Waals surface area contributed by atoms with Gasteiger partial charge in [-0.25, -0.2) is 4.39 Å². The molecule has 1 fully saturated rings. The molecule has 0 unspecified atom stereocenters. The summed E-state index contributed by atoms with van der Waals surface area (Å²) in [5, 5.41) is 7.22. The minimum atomic E-state index is -0.652. The van der Waals surface area contributed by atoms with Crippen molar-refractivity contribution in [1.29, 1.82) is 0 Å². The van der Waals surface area contributed by atoms with Gasteiger partial charge in [0.15, 0.2) is 0 Å². The van der Waals surface area contributed by atoms with Gasteiger partial charge in [0.1, 0.15) is 17.3 Å². The first-order valence-electron chi connectivity index (χ1n) is 8.23. The Kier molecular flexibility index (Phi) is 4.94. The van der Waals surface area contributed by atoms with Crippen LogP contribution in [0.2, 0.25) is 0 Å². The number of carbonyl (C=O) groups excluding carboxylic acids is 1. The van der Waals surface area contributed by atoms with Crippen LogP contribution in [-0.4, -0.2) is 30.8 Å². The van der Waals surface area contributed by atoms with Crippen LogP contribution in [0.3, 0.4) is 0 Å². The number of hydrogen-bond donors (Lipinski definition) is 1. The van der Waals surface area contributed by atoms with E-state index in [4.69, 9.17) is 9.26 Å². The smallest absolute Gasteiger partial charge is 0.313 e. The summed E-state index contributed by atoms with van der Waals surface area (Å²) in [7, 11) is 0. The molecule has 6 heteroatoms. The molecule has 0 spiro atoms. The van der Waals surface area contributed by atoms with Crippen molar-refractivity contribution in [2.75, 3.05) is 19.7 Å². The van der Waals surface area contributed by atoms with Crippen LogP contribution < -0.4 is 5.32 Å². The Morgan fingerprint density at radius 1 is 1.46 bits per heavy atom. The van der Waals surface area contributed by atoms with Crippen LogP contribution in [-0.2, 0) is 16.0 Å². The lowest BCUT2D eigenvalue weighted by molar-refractivity contribution is -0.156. The van der Waals surface area contributed by atoms with E-state index in [1.165, 1.54) is 6.07 Å². The number of rotatable bonds is 5. The number of carbonyl (C=O) groups is 1. The van der Waals surface area contributed by atoms with Crippen molar-refractivity contribution in [3.8, 4) is 11.3 Å². The summed E-state index contributed by atoms with van der Waals surface area (Å²) in [4.78, 5) is 12.5. The van der Waals surface area contributed by atoms with Crippen LogP contribution in [0.5, 0.6) is 0 Å². The number of esters is 1. The van der Waals surface area contributed by atoms with Gasteiger partial charge in [0.25, 0.3) is 0 Å². The van der Waals surface area contributed by atoms with E-state index in [0.717, 1.165) is 19.4 Å². The number of nitrogens with one attached hydrogen (secondary N) is 1. The number of hydrogen-bond acceptors (Lipinski definition) is 5. The van der Waals surface area contributed by atoms with Gasteiger partial charge >= 0.3 is 5.97 Å². The Morgan fingerprint density at radius 3 is 3.00 bits per heavy atom. The lowest BCUT2D eigenvalue weighted by Gasteiger charge is -2.34. The Bertz CT molecular complexity index is 708. The Hall–Kier alpha value is -2.21. The van der Waals surface area contributed by atoms with Crippen molar-refractivity contribution in [2.45, 2.75) is 26.2 Å². The summed E-state index contributed by atoms with van der Waals surface area (Å²) in [5.41, 5.74) is 0.172. The summed E-state index contributed by atoms with van der Waals surface area (Å²) in [6.07, 6.45) is 2.02. The third-order valence-electron chi connectivity index (χ3n) is 4.40. The minimum absolute atomic E-state index is 0.221. The number of halogens is 1. The average Bonchev–Trinajstić information content (AvgIpc) is 3.04. The summed E-state index contributed by atoms with van der Waals surface area (Å²) in [5.74, 6) is -0.0113. The molecule has 1 aliphatic rings. The van der Waals surface area contributed by atoms with Gasteiger partial charge in [-0.05, 0) is 38.4 Å². The SMILES string of the molecule is CCOC(=O)[C@@]1(Cc2cc(-c3ccccc3F)no2)CCCNC1. The number of nitrogens with zero attached hydrogens (tertiary/aromatic N) is 1. The van der Waals surface area contributed by atoms with E-state index in [1.807, 2.05) is 0 Å². The van der Waals surface area contributed by atoms with Gasteiger partial charge in [-0.2, -0.15) is 0 Å². The standard InChI is InChI=1S/C18H21FN2O3/c1-2-23-17(22)18(8-5-9-20-12-18)11-13-10-16(21-24-13)14-6-3-4-7-15(14)19/h3-4,6-7,10,20H,2,5,8-9,11-12H2,1H3/t18-/m1/s1. The first-order valence-corrected chi connectivity index (χ1v) is 8.23. The van der Waals surface area contributed by atoms with E-state index >= 15 is 0 Å². The molecule has 0 aliphatic carbocycles. The molecule has 24 heavy (non-hydrogen) atoms. The number of ether oxygens (including phenoxy) is 1. The highest BCUT2D eigenvalue weighted by molar-refractivity contribution is 5.77. The molecule has 0 bridgehead atoms. The molecule has 128 valence electrons. The molecule has 1 N–H and O–H groups in total. The maximum Gasteiger partial charge on any atom is 0.313 e. The topological polar surface area (TPSA) is 64.4 Å². The van der Waals surface area contributed by atoms with Crippen LogP contribution in [0.25, 0.3) is 11.3 Å². The molecule has 1 saturated heterocycles. The molecule has 1 aromatic heterocycles. The molecule has 1 aliphatic heterocycles. The largest absolute Gasteiger partial charge is 0.466 e. The summed E-state index contributed by atoms with van der Waals surface area (Å²) >= 11 is 0. The second kappa shape index (κ2) is 7.13. The lowest BCUT2D eigenvalue weighted by atomic mass is 9.77. The molecule has 1 atom stereocenters. The Balaban J connectivity index is 1.83. The number of aromatic nitrogens is 1. The third-order valence-corrected chi connectivity index (χ3v) is 4.40. The summed E-state index contributed by atoms with van der Waals surface area (Å²) in [6, 6.07) is 8.12. The van der Waals surface area contributed by atoms with Crippen LogP contribution in [0.4, 0.5) is 4.39 Å². The zero-order valence-corrected chi connectivity index (χ0v) is 13.7. The molecule has 1 aromatic carbocycles. The molecule has 5 nitrogen and oxygen atoms in total. The zero-order valence-electron chi connectivity index (χ0n) is 13.7. The van der Waals surface area contributed by atoms with Crippen molar-refractivity contribution in [2.24, 2.45) is 5.41 Å². The van der Waals surface area contributed by atoms with Gasteiger partial charge in [-0.15, -0.1) is 0 Å². The zero-order chi connectivity index (χ0) is 17.0. The number of benzene rings is 1. The molecular weight excluding hydrogens is 311 g/mol. The predicted molar refractivity (Wildman–Crippen MR) is 86.8 cm³/mol. The molecule has 2 aromatic rings. The monoisotopic (exact) mass is 332 g/mol. The summed E-state index contributed by atoms with van der Waals surface area (Å²) < 4.78 is 24.5. The van der Waals surface area contributed by atoms with Gasteiger partial charge in [0.05, 0.1) is 12.0 Å². The fourth-order valence-electron chi connectivity index (χ4n) is 3.17. The quantitative estimate of drug-likeness (QED) is 0.853. The normalized spacial score (nSPS) is 20.8. The lowest BCUT2D eigenvalue weighted by Crippen LogP contribution is -2.47. The van der Waals surface area contributed by atoms with Gasteiger partial charge in [-0.3, -0.25) is 4.79 Å². The molecule has 3 rings (SSSR count). The first-order chi connectivity index (χ1) is 11.6. The first kappa shape index (κ1) is 16.6. The van der Waals surface area contributed by atoms with Gasteiger partial charge < -0.3 is 14.6 Å². The maximum atomic E-state index is 13.9. The van der Waals surface area contributed by atoms with Crippen molar-refractivity contribution in [3.63, 3.8) is 0 Å². The van der Waals surface area contributed by atoms with E-state index in [0.29, 0.717) is 36.6 Å². The predicted octanol–water partition coefficient (Wildman–Crippen LogP) is 2.96. The second-order valence-electron chi connectivity index (χ2n) is 6.12. The van der Waals surface area contributed by atoms with Gasteiger partial charge in [-0.1, -0.05) is 17.3 Å². The van der Waals surface area contributed by atoms with Crippen molar-refractivity contribution < 1.29 is 18.4 Å². The highest BCUT2D eigenvalue weighted by Gasteiger charge is 2.42. The Morgan fingerprint density at radius 2 is 2.29 bits per heavy atom. The van der Waals surface area contributed by atoms with E-state index in [1.54, 1.807) is 31.2 Å². The Labute approximate surface area is 140 Å². The van der Waals surface area contributed by atoms with Gasteiger partial charge in [0, 0.05) is 24.6 Å². The number of piperidine rings is 1. The minimum Gasteiger partial charge on any atom is -0.466 e. The van der Waals surface area contributed by atoms with Crippen LogP contribution in [0.1, 0.15) is 25.5 Å².